The predicted molar refractivity (Wildman–Crippen MR) is 51.0 cm³/mol. The number of hydrogen-bond donors (Lipinski definition) is 1. The molecule has 0 bridgehead atoms. The third kappa shape index (κ3) is 2.29. The standard InChI is InChI=1S/C11H13F2N/c12-10-3-8(4-11(13)5-10)1-2-9-6-14-7-9/h3-5,9,14H,1-2,6-7H2. The van der Waals surface area contributed by atoms with Crippen molar-refractivity contribution in [1.29, 1.82) is 0 Å². The van der Waals surface area contributed by atoms with Gasteiger partial charge in [0.25, 0.3) is 0 Å². The van der Waals surface area contributed by atoms with Crippen LogP contribution in [0.4, 0.5) is 8.78 Å². The molecular weight excluding hydrogens is 184 g/mol. The molecule has 1 saturated heterocycles. The SMILES string of the molecule is Fc1cc(F)cc(CCC2CNC2)c1. The molecule has 14 heavy (non-hydrogen) atoms. The Hall–Kier alpha value is -0.960. The first-order valence-electron chi connectivity index (χ1n) is 4.90. The molecule has 0 atom stereocenters. The van der Waals surface area contributed by atoms with E-state index in [1.807, 2.05) is 0 Å². The molecule has 0 spiro atoms. The van der Waals surface area contributed by atoms with Crippen molar-refractivity contribution < 1.29 is 8.78 Å². The first-order valence-corrected chi connectivity index (χ1v) is 4.90. The number of halogens is 2. The Morgan fingerprint density at radius 3 is 2.29 bits per heavy atom. The topological polar surface area (TPSA) is 12.0 Å². The average molecular weight is 197 g/mol. The van der Waals surface area contributed by atoms with Crippen molar-refractivity contribution in [2.75, 3.05) is 13.1 Å². The summed E-state index contributed by atoms with van der Waals surface area (Å²) in [7, 11) is 0. The van der Waals surface area contributed by atoms with E-state index < -0.39 is 11.6 Å². The molecule has 1 aromatic rings. The van der Waals surface area contributed by atoms with Crippen LogP contribution in [-0.2, 0) is 6.42 Å². The smallest absolute Gasteiger partial charge is 0.126 e. The Kier molecular flexibility index (Phi) is 2.77. The highest BCUT2D eigenvalue weighted by Gasteiger charge is 2.16. The van der Waals surface area contributed by atoms with Gasteiger partial charge in [-0.05, 0) is 49.5 Å². The molecule has 1 nitrogen and oxygen atoms in total. The van der Waals surface area contributed by atoms with Crippen LogP contribution in [0.1, 0.15) is 12.0 Å². The molecule has 0 radical (unpaired) electrons. The van der Waals surface area contributed by atoms with Crippen molar-refractivity contribution in [2.45, 2.75) is 12.8 Å². The minimum atomic E-state index is -0.480. The Bertz CT molecular complexity index is 301. The molecule has 0 saturated carbocycles. The van der Waals surface area contributed by atoms with E-state index in [1.54, 1.807) is 0 Å². The summed E-state index contributed by atoms with van der Waals surface area (Å²) < 4.78 is 25.6. The Balaban J connectivity index is 1.94. The van der Waals surface area contributed by atoms with Gasteiger partial charge in [-0.25, -0.2) is 8.78 Å². The second kappa shape index (κ2) is 4.05. The van der Waals surface area contributed by atoms with E-state index in [4.69, 9.17) is 0 Å². The summed E-state index contributed by atoms with van der Waals surface area (Å²) >= 11 is 0. The van der Waals surface area contributed by atoms with Gasteiger partial charge in [-0.2, -0.15) is 0 Å². The lowest BCUT2D eigenvalue weighted by molar-refractivity contribution is 0.327. The molecule has 0 amide bonds. The summed E-state index contributed by atoms with van der Waals surface area (Å²) in [6, 6.07) is 3.73. The predicted octanol–water partition coefficient (Wildman–Crippen LogP) is 2.12. The highest BCUT2D eigenvalue weighted by atomic mass is 19.1. The zero-order chi connectivity index (χ0) is 9.97. The Labute approximate surface area is 82.1 Å². The fraction of sp³-hybridized carbons (Fsp3) is 0.455. The van der Waals surface area contributed by atoms with E-state index in [0.717, 1.165) is 37.6 Å². The quantitative estimate of drug-likeness (QED) is 0.782. The van der Waals surface area contributed by atoms with Crippen molar-refractivity contribution in [2.24, 2.45) is 5.92 Å². The number of rotatable bonds is 3. The molecule has 0 unspecified atom stereocenters. The maximum atomic E-state index is 12.8. The van der Waals surface area contributed by atoms with Crippen LogP contribution in [0.3, 0.4) is 0 Å². The van der Waals surface area contributed by atoms with Crippen molar-refractivity contribution in [3.8, 4) is 0 Å². The monoisotopic (exact) mass is 197 g/mol. The molecule has 1 aromatic carbocycles. The molecule has 1 N–H and O–H groups in total. The number of aryl methyl sites for hydroxylation is 1. The Morgan fingerprint density at radius 2 is 1.79 bits per heavy atom. The molecule has 0 aliphatic carbocycles. The third-order valence-corrected chi connectivity index (χ3v) is 2.63. The van der Waals surface area contributed by atoms with Crippen LogP contribution in [0.5, 0.6) is 0 Å². The highest BCUT2D eigenvalue weighted by Crippen LogP contribution is 2.15. The molecular formula is C11H13F2N. The van der Waals surface area contributed by atoms with Crippen LogP contribution in [-0.4, -0.2) is 13.1 Å². The first kappa shape index (κ1) is 9.59. The van der Waals surface area contributed by atoms with E-state index in [0.29, 0.717) is 5.92 Å². The Morgan fingerprint density at radius 1 is 1.14 bits per heavy atom. The maximum Gasteiger partial charge on any atom is 0.126 e. The summed E-state index contributed by atoms with van der Waals surface area (Å²) in [6.07, 6.45) is 1.77. The molecule has 2 rings (SSSR count). The van der Waals surface area contributed by atoms with Crippen LogP contribution < -0.4 is 5.32 Å². The van der Waals surface area contributed by atoms with Crippen molar-refractivity contribution in [1.82, 2.24) is 5.32 Å². The van der Waals surface area contributed by atoms with Crippen molar-refractivity contribution in [3.63, 3.8) is 0 Å². The third-order valence-electron chi connectivity index (χ3n) is 2.63. The lowest BCUT2D eigenvalue weighted by Gasteiger charge is -2.26. The van der Waals surface area contributed by atoms with E-state index in [2.05, 4.69) is 5.32 Å². The van der Waals surface area contributed by atoms with Crippen LogP contribution >= 0.6 is 0 Å². The zero-order valence-corrected chi connectivity index (χ0v) is 7.89. The normalized spacial score (nSPS) is 16.7. The van der Waals surface area contributed by atoms with Gasteiger partial charge in [0.1, 0.15) is 11.6 Å². The van der Waals surface area contributed by atoms with E-state index in [-0.39, 0.29) is 0 Å². The minimum Gasteiger partial charge on any atom is -0.316 e. The number of benzene rings is 1. The van der Waals surface area contributed by atoms with Crippen LogP contribution in [0.15, 0.2) is 18.2 Å². The second-order valence-electron chi connectivity index (χ2n) is 3.84. The highest BCUT2D eigenvalue weighted by molar-refractivity contribution is 5.18. The van der Waals surface area contributed by atoms with Gasteiger partial charge in [-0.1, -0.05) is 0 Å². The van der Waals surface area contributed by atoms with Crippen LogP contribution in [0.25, 0.3) is 0 Å². The van der Waals surface area contributed by atoms with Gasteiger partial charge in [0, 0.05) is 6.07 Å². The summed E-state index contributed by atoms with van der Waals surface area (Å²) in [6.45, 7) is 2.08. The maximum absolute atomic E-state index is 12.8. The molecule has 76 valence electrons. The van der Waals surface area contributed by atoms with Crippen molar-refractivity contribution >= 4 is 0 Å². The number of nitrogens with one attached hydrogen (secondary N) is 1. The van der Waals surface area contributed by atoms with Gasteiger partial charge in [0.2, 0.25) is 0 Å². The fourth-order valence-corrected chi connectivity index (χ4v) is 1.68. The summed E-state index contributed by atoms with van der Waals surface area (Å²) in [5.41, 5.74) is 0.759. The summed E-state index contributed by atoms with van der Waals surface area (Å²) in [5, 5.41) is 3.17. The van der Waals surface area contributed by atoms with Gasteiger partial charge in [0.05, 0.1) is 0 Å². The molecule has 1 aliphatic rings. The molecule has 0 aromatic heterocycles. The summed E-state index contributed by atoms with van der Waals surface area (Å²) in [5.74, 6) is -0.278. The zero-order valence-electron chi connectivity index (χ0n) is 7.89. The van der Waals surface area contributed by atoms with Gasteiger partial charge in [0.15, 0.2) is 0 Å². The number of hydrogen-bond acceptors (Lipinski definition) is 1. The first-order chi connectivity index (χ1) is 6.74. The molecule has 1 aliphatic heterocycles. The van der Waals surface area contributed by atoms with Crippen LogP contribution in [0, 0.1) is 17.6 Å². The lowest BCUT2D eigenvalue weighted by Crippen LogP contribution is -2.42. The molecule has 3 heteroatoms. The molecule has 1 heterocycles. The molecule has 1 fully saturated rings. The average Bonchev–Trinajstić information content (AvgIpc) is 1.99. The van der Waals surface area contributed by atoms with Gasteiger partial charge in [-0.15, -0.1) is 0 Å². The van der Waals surface area contributed by atoms with Gasteiger partial charge >= 0.3 is 0 Å². The van der Waals surface area contributed by atoms with E-state index in [9.17, 15) is 8.78 Å². The minimum absolute atomic E-state index is 0.480. The summed E-state index contributed by atoms with van der Waals surface area (Å²) in [4.78, 5) is 0. The fourth-order valence-electron chi connectivity index (χ4n) is 1.68. The van der Waals surface area contributed by atoms with E-state index in [1.165, 1.54) is 12.1 Å². The van der Waals surface area contributed by atoms with E-state index >= 15 is 0 Å². The van der Waals surface area contributed by atoms with Gasteiger partial charge in [-0.3, -0.25) is 0 Å². The van der Waals surface area contributed by atoms with Crippen LogP contribution in [0.2, 0.25) is 0 Å². The largest absolute Gasteiger partial charge is 0.316 e. The lowest BCUT2D eigenvalue weighted by atomic mass is 9.95. The second-order valence-corrected chi connectivity index (χ2v) is 3.84. The van der Waals surface area contributed by atoms with Crippen molar-refractivity contribution in [3.05, 3.63) is 35.4 Å². The van der Waals surface area contributed by atoms with Gasteiger partial charge < -0.3 is 5.32 Å².